The fraction of sp³-hybridized carbons (Fsp3) is 0.312. The zero-order valence-electron chi connectivity index (χ0n) is 11.3. The first-order chi connectivity index (χ1) is 9.66. The number of halogens is 1. The second-order valence-corrected chi connectivity index (χ2v) is 6.49. The van der Waals surface area contributed by atoms with Gasteiger partial charge in [-0.3, -0.25) is 4.79 Å². The van der Waals surface area contributed by atoms with Crippen LogP contribution in [0.1, 0.15) is 39.7 Å². The van der Waals surface area contributed by atoms with Gasteiger partial charge in [-0.05, 0) is 54.5 Å². The summed E-state index contributed by atoms with van der Waals surface area (Å²) >= 11 is 7.47. The molecule has 2 heterocycles. The van der Waals surface area contributed by atoms with Gasteiger partial charge < -0.3 is 4.90 Å². The number of carbonyl (C=O) groups excluding carboxylic acids is 1. The van der Waals surface area contributed by atoms with Crippen LogP contribution in [0, 0.1) is 6.92 Å². The smallest absolute Gasteiger partial charge is 0.264 e. The number of likely N-dealkylation sites (tertiary alicyclic amines) is 1. The maximum absolute atomic E-state index is 12.7. The third-order valence-electron chi connectivity index (χ3n) is 3.82. The molecule has 3 rings (SSSR count). The second-order valence-electron chi connectivity index (χ2n) is 5.14. The summed E-state index contributed by atoms with van der Waals surface area (Å²) in [6.07, 6.45) is 2.08. The number of aryl methyl sites for hydroxylation is 1. The molecule has 2 nitrogen and oxygen atoms in total. The highest BCUT2D eigenvalue weighted by atomic mass is 35.5. The van der Waals surface area contributed by atoms with Gasteiger partial charge in [0.2, 0.25) is 0 Å². The Morgan fingerprint density at radius 3 is 2.70 bits per heavy atom. The van der Waals surface area contributed by atoms with Crippen LogP contribution in [0.3, 0.4) is 0 Å². The minimum Gasteiger partial charge on any atom is -0.331 e. The molecule has 20 heavy (non-hydrogen) atoms. The molecule has 104 valence electrons. The van der Waals surface area contributed by atoms with E-state index < -0.39 is 0 Å². The van der Waals surface area contributed by atoms with Crippen molar-refractivity contribution in [2.75, 3.05) is 6.54 Å². The van der Waals surface area contributed by atoms with Crippen molar-refractivity contribution in [3.8, 4) is 0 Å². The van der Waals surface area contributed by atoms with Crippen LogP contribution < -0.4 is 0 Å². The van der Waals surface area contributed by atoms with Gasteiger partial charge in [0.15, 0.2) is 0 Å². The summed E-state index contributed by atoms with van der Waals surface area (Å²) in [6, 6.07) is 10.0. The molecule has 0 spiro atoms. The molecular formula is C16H16ClNOS. The lowest BCUT2D eigenvalue weighted by Gasteiger charge is -2.25. The van der Waals surface area contributed by atoms with Crippen LogP contribution in [0.2, 0.25) is 5.02 Å². The Morgan fingerprint density at radius 2 is 2.05 bits per heavy atom. The van der Waals surface area contributed by atoms with E-state index in [0.29, 0.717) is 0 Å². The number of carbonyl (C=O) groups is 1. The minimum absolute atomic E-state index is 0.162. The van der Waals surface area contributed by atoms with Crippen LogP contribution >= 0.6 is 22.9 Å². The van der Waals surface area contributed by atoms with E-state index >= 15 is 0 Å². The maximum Gasteiger partial charge on any atom is 0.264 e. The number of amides is 1. The Labute approximate surface area is 128 Å². The minimum atomic E-state index is 0.162. The van der Waals surface area contributed by atoms with Crippen LogP contribution in [0.5, 0.6) is 0 Å². The molecule has 1 fully saturated rings. The average molecular weight is 306 g/mol. The summed E-state index contributed by atoms with van der Waals surface area (Å²) in [5, 5.41) is 2.72. The van der Waals surface area contributed by atoms with Crippen molar-refractivity contribution in [2.45, 2.75) is 25.8 Å². The first-order valence-electron chi connectivity index (χ1n) is 6.77. The van der Waals surface area contributed by atoms with Gasteiger partial charge >= 0.3 is 0 Å². The van der Waals surface area contributed by atoms with Crippen molar-refractivity contribution in [3.63, 3.8) is 0 Å². The summed E-state index contributed by atoms with van der Waals surface area (Å²) in [6.45, 7) is 2.83. The highest BCUT2D eigenvalue weighted by molar-refractivity contribution is 7.12. The molecule has 0 radical (unpaired) electrons. The van der Waals surface area contributed by atoms with E-state index in [0.717, 1.165) is 34.8 Å². The van der Waals surface area contributed by atoms with Crippen molar-refractivity contribution in [3.05, 3.63) is 56.7 Å². The number of thiophene rings is 1. The van der Waals surface area contributed by atoms with E-state index in [2.05, 4.69) is 0 Å². The first kappa shape index (κ1) is 13.7. The Bertz CT molecular complexity index is 620. The monoisotopic (exact) mass is 305 g/mol. The molecule has 2 aromatic rings. The van der Waals surface area contributed by atoms with E-state index in [-0.39, 0.29) is 11.9 Å². The Morgan fingerprint density at radius 1 is 1.30 bits per heavy atom. The van der Waals surface area contributed by atoms with E-state index in [1.54, 1.807) is 0 Å². The molecule has 1 aromatic carbocycles. The summed E-state index contributed by atoms with van der Waals surface area (Å²) in [5.41, 5.74) is 2.25. The fourth-order valence-corrected chi connectivity index (χ4v) is 3.77. The molecule has 1 saturated heterocycles. The molecule has 1 atom stereocenters. The molecule has 1 aromatic heterocycles. The van der Waals surface area contributed by atoms with Crippen LogP contribution in [-0.2, 0) is 0 Å². The van der Waals surface area contributed by atoms with Gasteiger partial charge in [0, 0.05) is 11.6 Å². The molecule has 1 amide bonds. The summed E-state index contributed by atoms with van der Waals surface area (Å²) in [7, 11) is 0. The number of nitrogens with zero attached hydrogens (tertiary/aromatic N) is 1. The fourth-order valence-electron chi connectivity index (χ4n) is 2.76. The normalized spacial score (nSPS) is 18.5. The van der Waals surface area contributed by atoms with Gasteiger partial charge in [0.25, 0.3) is 5.91 Å². The van der Waals surface area contributed by atoms with Gasteiger partial charge in [-0.15, -0.1) is 11.3 Å². The number of hydrogen-bond donors (Lipinski definition) is 0. The molecule has 1 aliphatic rings. The van der Waals surface area contributed by atoms with Crippen molar-refractivity contribution in [2.24, 2.45) is 0 Å². The third kappa shape index (κ3) is 2.48. The van der Waals surface area contributed by atoms with E-state index in [1.807, 2.05) is 47.5 Å². The summed E-state index contributed by atoms with van der Waals surface area (Å²) < 4.78 is 0. The second kappa shape index (κ2) is 5.58. The van der Waals surface area contributed by atoms with Gasteiger partial charge in [0.05, 0.1) is 10.9 Å². The molecule has 1 aliphatic heterocycles. The molecule has 0 bridgehead atoms. The zero-order chi connectivity index (χ0) is 14.1. The number of benzene rings is 1. The number of hydrogen-bond acceptors (Lipinski definition) is 2. The molecule has 1 unspecified atom stereocenters. The van der Waals surface area contributed by atoms with Crippen LogP contribution in [0.4, 0.5) is 0 Å². The van der Waals surface area contributed by atoms with Gasteiger partial charge in [-0.2, -0.15) is 0 Å². The SMILES string of the molecule is Cc1ccsc1C(=O)N1CCCC1c1ccc(Cl)cc1. The van der Waals surface area contributed by atoms with Crippen molar-refractivity contribution in [1.82, 2.24) is 4.90 Å². The standard InChI is InChI=1S/C16H16ClNOS/c1-11-8-10-20-15(11)16(19)18-9-2-3-14(18)12-4-6-13(17)7-5-12/h4-8,10,14H,2-3,9H2,1H3. The van der Waals surface area contributed by atoms with Crippen LogP contribution in [-0.4, -0.2) is 17.4 Å². The van der Waals surface area contributed by atoms with Crippen molar-refractivity contribution >= 4 is 28.8 Å². The number of rotatable bonds is 2. The summed E-state index contributed by atoms with van der Waals surface area (Å²) in [5.74, 6) is 0.162. The van der Waals surface area contributed by atoms with Crippen LogP contribution in [0.25, 0.3) is 0 Å². The molecule has 0 aliphatic carbocycles. The quantitative estimate of drug-likeness (QED) is 0.788. The highest BCUT2D eigenvalue weighted by Crippen LogP contribution is 2.34. The third-order valence-corrected chi connectivity index (χ3v) is 5.08. The Kier molecular flexibility index (Phi) is 3.81. The van der Waals surface area contributed by atoms with Gasteiger partial charge in [-0.1, -0.05) is 23.7 Å². The lowest BCUT2D eigenvalue weighted by atomic mass is 10.0. The lowest BCUT2D eigenvalue weighted by Crippen LogP contribution is -2.30. The molecule has 0 N–H and O–H groups in total. The molecule has 4 heteroatoms. The predicted octanol–water partition coefficient (Wildman–Crippen LogP) is 4.69. The Hall–Kier alpha value is -1.32. The van der Waals surface area contributed by atoms with E-state index in [1.165, 1.54) is 16.9 Å². The van der Waals surface area contributed by atoms with Crippen molar-refractivity contribution < 1.29 is 4.79 Å². The largest absolute Gasteiger partial charge is 0.331 e. The lowest BCUT2D eigenvalue weighted by molar-refractivity contribution is 0.0740. The summed E-state index contributed by atoms with van der Waals surface area (Å²) in [4.78, 5) is 15.6. The van der Waals surface area contributed by atoms with E-state index in [4.69, 9.17) is 11.6 Å². The molecule has 0 saturated carbocycles. The van der Waals surface area contributed by atoms with Gasteiger partial charge in [0.1, 0.15) is 0 Å². The Balaban J connectivity index is 1.87. The topological polar surface area (TPSA) is 20.3 Å². The van der Waals surface area contributed by atoms with Gasteiger partial charge in [-0.25, -0.2) is 0 Å². The van der Waals surface area contributed by atoms with E-state index in [9.17, 15) is 4.79 Å². The van der Waals surface area contributed by atoms with Crippen molar-refractivity contribution in [1.29, 1.82) is 0 Å². The average Bonchev–Trinajstić information content (AvgIpc) is 3.07. The molecular weight excluding hydrogens is 290 g/mol. The highest BCUT2D eigenvalue weighted by Gasteiger charge is 2.31. The zero-order valence-corrected chi connectivity index (χ0v) is 12.9. The van der Waals surface area contributed by atoms with Crippen LogP contribution in [0.15, 0.2) is 35.7 Å². The first-order valence-corrected chi connectivity index (χ1v) is 8.03. The maximum atomic E-state index is 12.7. The predicted molar refractivity (Wildman–Crippen MR) is 83.5 cm³/mol.